The van der Waals surface area contributed by atoms with Gasteiger partial charge in [-0.25, -0.2) is 0 Å². The third-order valence-corrected chi connectivity index (χ3v) is 3.06. The van der Waals surface area contributed by atoms with Crippen molar-refractivity contribution in [1.29, 1.82) is 0 Å². The number of hydrogen-bond donors (Lipinski definition) is 1. The highest BCUT2D eigenvalue weighted by Gasteiger charge is 2.11. The van der Waals surface area contributed by atoms with E-state index in [9.17, 15) is 0 Å². The van der Waals surface area contributed by atoms with Crippen molar-refractivity contribution in [3.05, 3.63) is 0 Å². The van der Waals surface area contributed by atoms with Crippen LogP contribution in [0.5, 0.6) is 0 Å². The second-order valence-electron chi connectivity index (χ2n) is 4.34. The minimum Gasteiger partial charge on any atom is -0.385 e. The smallest absolute Gasteiger partial charge is 0.0462 e. The molecule has 1 fully saturated rings. The second kappa shape index (κ2) is 8.25. The molecule has 0 heterocycles. The molecule has 84 valence electrons. The van der Waals surface area contributed by atoms with Crippen LogP contribution in [-0.2, 0) is 4.74 Å². The van der Waals surface area contributed by atoms with E-state index in [4.69, 9.17) is 4.74 Å². The first-order valence-corrected chi connectivity index (χ1v) is 6.16. The van der Waals surface area contributed by atoms with Crippen LogP contribution in [0.15, 0.2) is 0 Å². The molecule has 2 heteroatoms. The van der Waals surface area contributed by atoms with Crippen molar-refractivity contribution in [2.24, 2.45) is 0 Å². The van der Waals surface area contributed by atoms with Gasteiger partial charge in [-0.05, 0) is 38.6 Å². The maximum absolute atomic E-state index is 5.02. The first-order chi connectivity index (χ1) is 6.93. The van der Waals surface area contributed by atoms with Gasteiger partial charge in [0.1, 0.15) is 0 Å². The molecular formula is C12H25NO. The third-order valence-electron chi connectivity index (χ3n) is 3.06. The zero-order valence-corrected chi connectivity index (χ0v) is 9.56. The Labute approximate surface area is 88.4 Å². The molecule has 1 N–H and O–H groups in total. The van der Waals surface area contributed by atoms with E-state index in [1.807, 2.05) is 0 Å². The van der Waals surface area contributed by atoms with E-state index in [1.54, 1.807) is 7.11 Å². The lowest BCUT2D eigenvalue weighted by atomic mass is 9.95. The van der Waals surface area contributed by atoms with Crippen LogP contribution in [0.4, 0.5) is 0 Å². The average molecular weight is 199 g/mol. The van der Waals surface area contributed by atoms with E-state index in [2.05, 4.69) is 5.32 Å². The molecule has 0 aromatic carbocycles. The van der Waals surface area contributed by atoms with Crippen LogP contribution in [0, 0.1) is 0 Å². The first-order valence-electron chi connectivity index (χ1n) is 6.16. The largest absolute Gasteiger partial charge is 0.385 e. The molecule has 1 rings (SSSR count). The molecule has 0 bridgehead atoms. The second-order valence-corrected chi connectivity index (χ2v) is 4.34. The lowest BCUT2D eigenvalue weighted by molar-refractivity contribution is 0.192. The Morgan fingerprint density at radius 2 is 1.86 bits per heavy atom. The van der Waals surface area contributed by atoms with Gasteiger partial charge in [-0.2, -0.15) is 0 Å². The normalized spacial score (nSPS) is 18.6. The zero-order valence-electron chi connectivity index (χ0n) is 9.56. The van der Waals surface area contributed by atoms with Gasteiger partial charge in [-0.3, -0.25) is 0 Å². The fourth-order valence-electron chi connectivity index (χ4n) is 2.16. The minimum absolute atomic E-state index is 0.825. The van der Waals surface area contributed by atoms with E-state index >= 15 is 0 Å². The lowest BCUT2D eigenvalue weighted by Gasteiger charge is -2.22. The van der Waals surface area contributed by atoms with Crippen molar-refractivity contribution in [1.82, 2.24) is 5.32 Å². The summed E-state index contributed by atoms with van der Waals surface area (Å²) in [6.07, 6.45) is 10.9. The highest BCUT2D eigenvalue weighted by molar-refractivity contribution is 4.71. The third kappa shape index (κ3) is 5.61. The molecule has 1 saturated carbocycles. The molecule has 0 spiro atoms. The van der Waals surface area contributed by atoms with Crippen LogP contribution in [0.25, 0.3) is 0 Å². The predicted molar refractivity (Wildman–Crippen MR) is 60.6 cm³/mol. The number of hydrogen-bond acceptors (Lipinski definition) is 2. The van der Waals surface area contributed by atoms with Crippen molar-refractivity contribution < 1.29 is 4.74 Å². The summed E-state index contributed by atoms with van der Waals surface area (Å²) in [6, 6.07) is 0.825. The van der Waals surface area contributed by atoms with E-state index in [1.165, 1.54) is 57.9 Å². The summed E-state index contributed by atoms with van der Waals surface area (Å²) in [5.41, 5.74) is 0. The molecule has 0 radical (unpaired) electrons. The van der Waals surface area contributed by atoms with Crippen molar-refractivity contribution >= 4 is 0 Å². The van der Waals surface area contributed by atoms with Crippen molar-refractivity contribution in [3.63, 3.8) is 0 Å². The average Bonchev–Trinajstić information content (AvgIpc) is 2.25. The molecule has 1 aliphatic rings. The van der Waals surface area contributed by atoms with Crippen molar-refractivity contribution in [2.75, 3.05) is 20.3 Å². The molecular weight excluding hydrogens is 174 g/mol. The van der Waals surface area contributed by atoms with Gasteiger partial charge in [0.05, 0.1) is 0 Å². The summed E-state index contributed by atoms with van der Waals surface area (Å²) in [6.45, 7) is 2.12. The fourth-order valence-corrected chi connectivity index (χ4v) is 2.16. The van der Waals surface area contributed by atoms with Crippen LogP contribution >= 0.6 is 0 Å². The zero-order chi connectivity index (χ0) is 10.1. The van der Waals surface area contributed by atoms with Crippen LogP contribution in [0.2, 0.25) is 0 Å². The van der Waals surface area contributed by atoms with Gasteiger partial charge in [0, 0.05) is 19.8 Å². The predicted octanol–water partition coefficient (Wildman–Crippen LogP) is 2.73. The molecule has 1 aliphatic carbocycles. The molecule has 2 nitrogen and oxygen atoms in total. The monoisotopic (exact) mass is 199 g/mol. The van der Waals surface area contributed by atoms with E-state index in [-0.39, 0.29) is 0 Å². The highest BCUT2D eigenvalue weighted by Crippen LogP contribution is 2.17. The first kappa shape index (κ1) is 12.0. The Kier molecular flexibility index (Phi) is 7.06. The van der Waals surface area contributed by atoms with Gasteiger partial charge in [0.15, 0.2) is 0 Å². The van der Waals surface area contributed by atoms with E-state index in [0.29, 0.717) is 0 Å². The SMILES string of the molecule is COCCCCCNC1CCCCC1. The standard InChI is InChI=1S/C12H25NO/c1-14-11-7-3-6-10-13-12-8-4-2-5-9-12/h12-13H,2-11H2,1H3. The number of methoxy groups -OCH3 is 1. The molecule has 0 aliphatic heterocycles. The van der Waals surface area contributed by atoms with Crippen LogP contribution in [0.3, 0.4) is 0 Å². The van der Waals surface area contributed by atoms with Crippen LogP contribution in [-0.4, -0.2) is 26.3 Å². The van der Waals surface area contributed by atoms with Gasteiger partial charge < -0.3 is 10.1 Å². The Balaban J connectivity index is 1.82. The Bertz CT molecular complexity index is 121. The molecule has 0 unspecified atom stereocenters. The highest BCUT2D eigenvalue weighted by atomic mass is 16.5. The minimum atomic E-state index is 0.825. The molecule has 0 atom stereocenters. The Morgan fingerprint density at radius 3 is 2.57 bits per heavy atom. The van der Waals surface area contributed by atoms with Crippen molar-refractivity contribution in [2.45, 2.75) is 57.4 Å². The number of rotatable bonds is 7. The maximum Gasteiger partial charge on any atom is 0.0462 e. The van der Waals surface area contributed by atoms with E-state index < -0.39 is 0 Å². The van der Waals surface area contributed by atoms with E-state index in [0.717, 1.165) is 12.6 Å². The van der Waals surface area contributed by atoms with Crippen LogP contribution < -0.4 is 5.32 Å². The van der Waals surface area contributed by atoms with Gasteiger partial charge in [0.25, 0.3) is 0 Å². The summed E-state index contributed by atoms with van der Waals surface area (Å²) in [5, 5.41) is 3.66. The quantitative estimate of drug-likeness (QED) is 0.637. The lowest BCUT2D eigenvalue weighted by Crippen LogP contribution is -2.31. The fraction of sp³-hybridized carbons (Fsp3) is 1.00. The molecule has 0 aromatic heterocycles. The molecule has 0 saturated heterocycles. The van der Waals surface area contributed by atoms with Gasteiger partial charge in [-0.15, -0.1) is 0 Å². The summed E-state index contributed by atoms with van der Waals surface area (Å²) in [5.74, 6) is 0. The van der Waals surface area contributed by atoms with Gasteiger partial charge in [0.2, 0.25) is 0 Å². The summed E-state index contributed by atoms with van der Waals surface area (Å²) >= 11 is 0. The Hall–Kier alpha value is -0.0800. The number of unbranched alkanes of at least 4 members (excludes halogenated alkanes) is 2. The topological polar surface area (TPSA) is 21.3 Å². The maximum atomic E-state index is 5.02. The van der Waals surface area contributed by atoms with Crippen molar-refractivity contribution in [3.8, 4) is 0 Å². The number of ether oxygens (including phenoxy) is 1. The summed E-state index contributed by atoms with van der Waals surface area (Å²) in [7, 11) is 1.78. The van der Waals surface area contributed by atoms with Gasteiger partial charge >= 0.3 is 0 Å². The van der Waals surface area contributed by atoms with Gasteiger partial charge in [-0.1, -0.05) is 19.3 Å². The molecule has 0 amide bonds. The summed E-state index contributed by atoms with van der Waals surface area (Å²) in [4.78, 5) is 0. The Morgan fingerprint density at radius 1 is 1.07 bits per heavy atom. The van der Waals surface area contributed by atoms with Crippen LogP contribution in [0.1, 0.15) is 51.4 Å². The summed E-state index contributed by atoms with van der Waals surface area (Å²) < 4.78 is 5.02. The number of nitrogens with one attached hydrogen (secondary N) is 1. The molecule has 0 aromatic rings. The molecule has 14 heavy (non-hydrogen) atoms.